The van der Waals surface area contributed by atoms with E-state index >= 15 is 0 Å². The Hall–Kier alpha value is -3.20. The second kappa shape index (κ2) is 7.32. The standard InChI is InChI=1S/C27H20OS/c28-27(21-12-3-1-4-13-21,22-14-5-2-6-15-22)24-17-9-8-16-23(24)26-19-20-11-7-10-18-25(20)29-26/h1-19,28H. The summed E-state index contributed by atoms with van der Waals surface area (Å²) >= 11 is 1.76. The minimum absolute atomic E-state index is 0.861. The number of hydrogen-bond acceptors (Lipinski definition) is 2. The van der Waals surface area contributed by atoms with Gasteiger partial charge in [0.15, 0.2) is 0 Å². The highest BCUT2D eigenvalue weighted by atomic mass is 32.1. The van der Waals surface area contributed by atoms with Gasteiger partial charge < -0.3 is 5.11 Å². The van der Waals surface area contributed by atoms with Crippen LogP contribution in [0.25, 0.3) is 20.5 Å². The van der Waals surface area contributed by atoms with Crippen molar-refractivity contribution in [3.05, 3.63) is 132 Å². The Morgan fingerprint density at radius 2 is 1.14 bits per heavy atom. The molecule has 4 aromatic carbocycles. The van der Waals surface area contributed by atoms with Crippen molar-refractivity contribution in [1.82, 2.24) is 0 Å². The van der Waals surface area contributed by atoms with Gasteiger partial charge in [0.1, 0.15) is 5.60 Å². The third-order valence-electron chi connectivity index (χ3n) is 5.39. The Labute approximate surface area is 174 Å². The lowest BCUT2D eigenvalue weighted by Gasteiger charge is -2.32. The summed E-state index contributed by atoms with van der Waals surface area (Å²) in [5.41, 5.74) is 2.43. The summed E-state index contributed by atoms with van der Waals surface area (Å²) in [4.78, 5) is 1.16. The second-order valence-corrected chi connectivity index (χ2v) is 8.22. The molecule has 0 bridgehead atoms. The molecule has 0 aliphatic carbocycles. The third-order valence-corrected chi connectivity index (χ3v) is 6.54. The molecule has 0 radical (unpaired) electrons. The largest absolute Gasteiger partial charge is 0.376 e. The molecule has 0 atom stereocenters. The van der Waals surface area contributed by atoms with E-state index < -0.39 is 5.60 Å². The molecule has 2 heteroatoms. The fourth-order valence-corrected chi connectivity index (χ4v) is 5.07. The first-order valence-corrected chi connectivity index (χ1v) is 10.5. The molecule has 5 aromatic rings. The molecule has 5 rings (SSSR count). The monoisotopic (exact) mass is 392 g/mol. The van der Waals surface area contributed by atoms with Gasteiger partial charge in [-0.25, -0.2) is 0 Å². The molecule has 0 aliphatic rings. The molecule has 1 nitrogen and oxygen atoms in total. The third kappa shape index (κ3) is 3.07. The normalized spacial score (nSPS) is 11.6. The zero-order valence-corrected chi connectivity index (χ0v) is 16.6. The fourth-order valence-electron chi connectivity index (χ4n) is 3.96. The predicted octanol–water partition coefficient (Wildman–Crippen LogP) is 6.85. The van der Waals surface area contributed by atoms with Crippen molar-refractivity contribution in [1.29, 1.82) is 0 Å². The van der Waals surface area contributed by atoms with E-state index in [1.54, 1.807) is 11.3 Å². The molecule has 0 unspecified atom stereocenters. The fraction of sp³-hybridized carbons (Fsp3) is 0.0370. The molecule has 29 heavy (non-hydrogen) atoms. The van der Waals surface area contributed by atoms with E-state index in [0.29, 0.717) is 0 Å². The molecule has 0 aliphatic heterocycles. The Bertz CT molecular complexity index is 1180. The molecule has 140 valence electrons. The first kappa shape index (κ1) is 17.9. The number of thiophene rings is 1. The summed E-state index contributed by atoms with van der Waals surface area (Å²) in [6, 6.07) is 38.7. The van der Waals surface area contributed by atoms with Gasteiger partial charge in [0, 0.05) is 15.1 Å². The van der Waals surface area contributed by atoms with E-state index in [-0.39, 0.29) is 0 Å². The van der Waals surface area contributed by atoms with Gasteiger partial charge in [-0.3, -0.25) is 0 Å². The van der Waals surface area contributed by atoms with Gasteiger partial charge in [-0.05, 0) is 34.2 Å². The van der Waals surface area contributed by atoms with Gasteiger partial charge >= 0.3 is 0 Å². The minimum Gasteiger partial charge on any atom is -0.376 e. The van der Waals surface area contributed by atoms with Gasteiger partial charge in [0.2, 0.25) is 0 Å². The summed E-state index contributed by atoms with van der Waals surface area (Å²) in [7, 11) is 0. The molecule has 0 spiro atoms. The van der Waals surface area contributed by atoms with E-state index in [4.69, 9.17) is 0 Å². The molecule has 1 heterocycles. The van der Waals surface area contributed by atoms with Gasteiger partial charge in [-0.1, -0.05) is 103 Å². The van der Waals surface area contributed by atoms with Crippen LogP contribution in [0.15, 0.2) is 115 Å². The van der Waals surface area contributed by atoms with Crippen molar-refractivity contribution in [2.24, 2.45) is 0 Å². The number of rotatable bonds is 4. The maximum atomic E-state index is 12.2. The number of aliphatic hydroxyl groups is 1. The molecular formula is C27H20OS. The van der Waals surface area contributed by atoms with Crippen LogP contribution in [0, 0.1) is 0 Å². The van der Waals surface area contributed by atoms with Crippen molar-refractivity contribution in [3.63, 3.8) is 0 Å². The van der Waals surface area contributed by atoms with Crippen molar-refractivity contribution in [2.45, 2.75) is 5.60 Å². The molecule has 1 aromatic heterocycles. The molecule has 1 N–H and O–H groups in total. The van der Waals surface area contributed by atoms with Gasteiger partial charge in [0.25, 0.3) is 0 Å². The van der Waals surface area contributed by atoms with E-state index in [1.165, 1.54) is 10.1 Å². The van der Waals surface area contributed by atoms with E-state index in [9.17, 15) is 5.11 Å². The Morgan fingerprint density at radius 3 is 1.79 bits per heavy atom. The van der Waals surface area contributed by atoms with Crippen LogP contribution in [0.4, 0.5) is 0 Å². The summed E-state index contributed by atoms with van der Waals surface area (Å²) in [5.74, 6) is 0. The van der Waals surface area contributed by atoms with Crippen LogP contribution in [-0.2, 0) is 5.60 Å². The summed E-state index contributed by atoms with van der Waals surface area (Å²) in [6.45, 7) is 0. The Morgan fingerprint density at radius 1 is 0.586 bits per heavy atom. The topological polar surface area (TPSA) is 20.2 Å². The quantitative estimate of drug-likeness (QED) is 0.332. The molecule has 0 fully saturated rings. The average molecular weight is 393 g/mol. The van der Waals surface area contributed by atoms with Crippen LogP contribution in [0.1, 0.15) is 16.7 Å². The van der Waals surface area contributed by atoms with Crippen molar-refractivity contribution < 1.29 is 5.11 Å². The van der Waals surface area contributed by atoms with E-state index in [2.05, 4.69) is 36.4 Å². The lowest BCUT2D eigenvalue weighted by Crippen LogP contribution is -2.29. The highest BCUT2D eigenvalue weighted by Crippen LogP contribution is 2.43. The van der Waals surface area contributed by atoms with E-state index in [1.807, 2.05) is 78.9 Å². The SMILES string of the molecule is OC(c1ccccc1)(c1ccccc1)c1ccccc1-c1cc2ccccc2s1. The highest BCUT2D eigenvalue weighted by Gasteiger charge is 2.35. The van der Waals surface area contributed by atoms with E-state index in [0.717, 1.165) is 27.1 Å². The van der Waals surface area contributed by atoms with Crippen molar-refractivity contribution >= 4 is 21.4 Å². The van der Waals surface area contributed by atoms with Crippen LogP contribution < -0.4 is 0 Å². The smallest absolute Gasteiger partial charge is 0.141 e. The lowest BCUT2D eigenvalue weighted by atomic mass is 9.78. The first-order valence-electron chi connectivity index (χ1n) is 9.69. The average Bonchev–Trinajstić information content (AvgIpc) is 3.24. The van der Waals surface area contributed by atoms with Gasteiger partial charge in [-0.2, -0.15) is 0 Å². The van der Waals surface area contributed by atoms with Crippen LogP contribution in [-0.4, -0.2) is 5.11 Å². The maximum Gasteiger partial charge on any atom is 0.141 e. The predicted molar refractivity (Wildman–Crippen MR) is 122 cm³/mol. The zero-order chi connectivity index (χ0) is 19.7. The highest BCUT2D eigenvalue weighted by molar-refractivity contribution is 7.22. The molecule has 0 saturated heterocycles. The van der Waals surface area contributed by atoms with Gasteiger partial charge in [0.05, 0.1) is 0 Å². The van der Waals surface area contributed by atoms with Crippen LogP contribution in [0.5, 0.6) is 0 Å². The lowest BCUT2D eigenvalue weighted by molar-refractivity contribution is 0.126. The minimum atomic E-state index is -1.24. The number of fused-ring (bicyclic) bond motifs is 1. The Balaban J connectivity index is 1.78. The molecule has 0 amide bonds. The van der Waals surface area contributed by atoms with Crippen molar-refractivity contribution in [3.8, 4) is 10.4 Å². The summed E-state index contributed by atoms with van der Waals surface area (Å²) in [5, 5.41) is 13.5. The molecular weight excluding hydrogens is 372 g/mol. The van der Waals surface area contributed by atoms with Gasteiger partial charge in [-0.15, -0.1) is 11.3 Å². The second-order valence-electron chi connectivity index (χ2n) is 7.14. The van der Waals surface area contributed by atoms with Crippen LogP contribution in [0.2, 0.25) is 0 Å². The first-order chi connectivity index (χ1) is 14.3. The summed E-state index contributed by atoms with van der Waals surface area (Å²) in [6.07, 6.45) is 0. The maximum absolute atomic E-state index is 12.2. The molecule has 0 saturated carbocycles. The number of benzene rings is 4. The van der Waals surface area contributed by atoms with Crippen LogP contribution in [0.3, 0.4) is 0 Å². The number of hydrogen-bond donors (Lipinski definition) is 1. The van der Waals surface area contributed by atoms with Crippen molar-refractivity contribution in [2.75, 3.05) is 0 Å². The zero-order valence-electron chi connectivity index (χ0n) is 15.8. The summed E-state index contributed by atoms with van der Waals surface area (Å²) < 4.78 is 1.25. The Kier molecular flexibility index (Phi) is 4.51. The van der Waals surface area contributed by atoms with Crippen LogP contribution >= 0.6 is 11.3 Å².